The van der Waals surface area contributed by atoms with Crippen LogP contribution in [0.2, 0.25) is 0 Å². The van der Waals surface area contributed by atoms with E-state index in [0.717, 1.165) is 23.5 Å². The van der Waals surface area contributed by atoms with Crippen molar-refractivity contribution in [1.82, 2.24) is 25.9 Å². The maximum absolute atomic E-state index is 12.9. The summed E-state index contributed by atoms with van der Waals surface area (Å²) in [7, 11) is 0. The van der Waals surface area contributed by atoms with Crippen LogP contribution in [0.4, 0.5) is 4.79 Å². The molecular formula is C23H33N5O3. The Kier molecular flexibility index (Phi) is 7.68. The number of aromatic amines is 1. The fourth-order valence-electron chi connectivity index (χ4n) is 4.05. The van der Waals surface area contributed by atoms with Gasteiger partial charge in [0.05, 0.1) is 12.0 Å². The van der Waals surface area contributed by atoms with Crippen molar-refractivity contribution >= 4 is 11.9 Å². The Morgan fingerprint density at radius 1 is 1.23 bits per heavy atom. The lowest BCUT2D eigenvalue weighted by atomic mass is 9.96. The maximum atomic E-state index is 12.9. The molecule has 1 aliphatic carbocycles. The standard InChI is InChI=1S/C23H33N5O3/c1-4-10-24-23(31)28-17-11-16(22(30)26-12-15-8-6-5-7-9-15)20(29)19(17)18-13-25-21(27-18)14(2)3/h5-9,13-14,16-17,19-20,29H,4,10-12H2,1-3H3,(H,25,27)(H,26,30)(H2,24,28,31)/t16-,17+,19+,20+/m0/s1. The van der Waals surface area contributed by atoms with E-state index in [1.165, 1.54) is 0 Å². The number of carbonyl (C=O) groups excluding carboxylic acids is 2. The van der Waals surface area contributed by atoms with Gasteiger partial charge in [-0.3, -0.25) is 4.79 Å². The van der Waals surface area contributed by atoms with Crippen molar-refractivity contribution in [3.63, 3.8) is 0 Å². The van der Waals surface area contributed by atoms with Crippen LogP contribution in [0, 0.1) is 5.92 Å². The number of aliphatic hydroxyl groups is 1. The molecule has 31 heavy (non-hydrogen) atoms. The second-order valence-corrected chi connectivity index (χ2v) is 8.45. The van der Waals surface area contributed by atoms with Gasteiger partial charge in [0.25, 0.3) is 0 Å². The van der Waals surface area contributed by atoms with Gasteiger partial charge in [-0.25, -0.2) is 9.78 Å². The molecule has 1 fully saturated rings. The molecule has 1 heterocycles. The number of aliphatic hydroxyl groups excluding tert-OH is 1. The molecular weight excluding hydrogens is 394 g/mol. The molecule has 0 aliphatic heterocycles. The van der Waals surface area contributed by atoms with Crippen LogP contribution < -0.4 is 16.0 Å². The fourth-order valence-corrected chi connectivity index (χ4v) is 4.05. The van der Waals surface area contributed by atoms with Crippen LogP contribution in [0.5, 0.6) is 0 Å². The Hall–Kier alpha value is -2.87. The number of nitrogens with one attached hydrogen (secondary N) is 4. The molecule has 1 saturated carbocycles. The number of rotatable bonds is 8. The highest BCUT2D eigenvalue weighted by atomic mass is 16.3. The molecule has 1 aromatic carbocycles. The third kappa shape index (κ3) is 5.64. The highest BCUT2D eigenvalue weighted by Gasteiger charge is 2.47. The highest BCUT2D eigenvalue weighted by molar-refractivity contribution is 5.80. The molecule has 2 aromatic rings. The van der Waals surface area contributed by atoms with E-state index >= 15 is 0 Å². The van der Waals surface area contributed by atoms with Gasteiger partial charge in [-0.15, -0.1) is 0 Å². The van der Waals surface area contributed by atoms with Crippen molar-refractivity contribution in [3.05, 3.63) is 53.6 Å². The summed E-state index contributed by atoms with van der Waals surface area (Å²) in [5.41, 5.74) is 1.72. The molecule has 1 aromatic heterocycles. The van der Waals surface area contributed by atoms with Gasteiger partial charge in [0.1, 0.15) is 5.82 Å². The quantitative estimate of drug-likeness (QED) is 0.444. The normalized spacial score (nSPS) is 23.0. The van der Waals surface area contributed by atoms with Crippen LogP contribution in [0.15, 0.2) is 36.5 Å². The van der Waals surface area contributed by atoms with Crippen molar-refractivity contribution in [2.24, 2.45) is 5.92 Å². The summed E-state index contributed by atoms with van der Waals surface area (Å²) in [5, 5.41) is 19.8. The van der Waals surface area contributed by atoms with Gasteiger partial charge in [0.2, 0.25) is 5.91 Å². The number of urea groups is 1. The van der Waals surface area contributed by atoms with Gasteiger partial charge in [-0.1, -0.05) is 51.1 Å². The molecule has 4 atom stereocenters. The van der Waals surface area contributed by atoms with E-state index in [-0.39, 0.29) is 23.9 Å². The SMILES string of the molecule is CCCNC(=O)N[C@@H]1C[C@H](C(=O)NCc2ccccc2)[C@@H](O)[C@H]1c1cnc(C(C)C)[nH]1. The Labute approximate surface area is 183 Å². The van der Waals surface area contributed by atoms with Crippen molar-refractivity contribution in [2.45, 2.75) is 64.1 Å². The molecule has 8 nitrogen and oxygen atoms in total. The molecule has 1 aliphatic rings. The fraction of sp³-hybridized carbons (Fsp3) is 0.522. The lowest BCUT2D eigenvalue weighted by Gasteiger charge is -2.22. The lowest BCUT2D eigenvalue weighted by molar-refractivity contribution is -0.127. The van der Waals surface area contributed by atoms with Crippen molar-refractivity contribution in [1.29, 1.82) is 0 Å². The molecule has 0 unspecified atom stereocenters. The topological polar surface area (TPSA) is 119 Å². The molecule has 168 valence electrons. The monoisotopic (exact) mass is 427 g/mol. The summed E-state index contributed by atoms with van der Waals surface area (Å²) in [5.74, 6) is -0.274. The molecule has 3 amide bonds. The van der Waals surface area contributed by atoms with Crippen molar-refractivity contribution in [2.75, 3.05) is 6.54 Å². The number of amides is 3. The summed E-state index contributed by atoms with van der Waals surface area (Å²) in [6.07, 6.45) is 1.94. The molecule has 8 heteroatoms. The van der Waals surface area contributed by atoms with Gasteiger partial charge in [-0.2, -0.15) is 0 Å². The van der Waals surface area contributed by atoms with Crippen molar-refractivity contribution in [3.8, 4) is 0 Å². The van der Waals surface area contributed by atoms with Crippen LogP contribution in [-0.4, -0.2) is 45.7 Å². The van der Waals surface area contributed by atoms with Crippen LogP contribution in [-0.2, 0) is 11.3 Å². The summed E-state index contributed by atoms with van der Waals surface area (Å²) >= 11 is 0. The number of aromatic nitrogens is 2. The Bertz CT molecular complexity index is 867. The van der Waals surface area contributed by atoms with E-state index in [9.17, 15) is 14.7 Å². The Morgan fingerprint density at radius 3 is 2.61 bits per heavy atom. The highest BCUT2D eigenvalue weighted by Crippen LogP contribution is 2.39. The van der Waals surface area contributed by atoms with Crippen molar-refractivity contribution < 1.29 is 14.7 Å². The summed E-state index contributed by atoms with van der Waals surface area (Å²) in [6.45, 7) is 7.00. The van der Waals surface area contributed by atoms with E-state index in [2.05, 4.69) is 25.9 Å². The second-order valence-electron chi connectivity index (χ2n) is 8.45. The number of hydrogen-bond acceptors (Lipinski definition) is 4. The molecule has 0 bridgehead atoms. The average Bonchev–Trinajstić information content (AvgIpc) is 3.36. The molecule has 0 radical (unpaired) electrons. The average molecular weight is 428 g/mol. The zero-order valence-corrected chi connectivity index (χ0v) is 18.4. The number of nitrogens with zero attached hydrogens (tertiary/aromatic N) is 1. The largest absolute Gasteiger partial charge is 0.392 e. The summed E-state index contributed by atoms with van der Waals surface area (Å²) in [6, 6.07) is 8.95. The molecule has 0 saturated heterocycles. The maximum Gasteiger partial charge on any atom is 0.315 e. The van der Waals surface area contributed by atoms with E-state index in [0.29, 0.717) is 19.5 Å². The lowest BCUT2D eigenvalue weighted by Crippen LogP contribution is -2.44. The van der Waals surface area contributed by atoms with Crippen LogP contribution >= 0.6 is 0 Å². The van der Waals surface area contributed by atoms with E-state index in [4.69, 9.17) is 0 Å². The first-order valence-corrected chi connectivity index (χ1v) is 11.0. The minimum atomic E-state index is -0.937. The first-order valence-electron chi connectivity index (χ1n) is 11.0. The second kappa shape index (κ2) is 10.4. The number of hydrogen-bond donors (Lipinski definition) is 5. The zero-order valence-electron chi connectivity index (χ0n) is 18.4. The van der Waals surface area contributed by atoms with Gasteiger partial charge in [0.15, 0.2) is 0 Å². The third-order valence-electron chi connectivity index (χ3n) is 5.74. The van der Waals surface area contributed by atoms with Gasteiger partial charge in [-0.05, 0) is 18.4 Å². The first-order chi connectivity index (χ1) is 14.9. The Balaban J connectivity index is 1.75. The number of imidazole rings is 1. The predicted molar refractivity (Wildman–Crippen MR) is 118 cm³/mol. The summed E-state index contributed by atoms with van der Waals surface area (Å²) in [4.78, 5) is 32.9. The minimum Gasteiger partial charge on any atom is -0.392 e. The molecule has 0 spiro atoms. The van der Waals surface area contributed by atoms with Crippen LogP contribution in [0.3, 0.4) is 0 Å². The van der Waals surface area contributed by atoms with Crippen LogP contribution in [0.25, 0.3) is 0 Å². The number of carbonyl (C=O) groups is 2. The van der Waals surface area contributed by atoms with E-state index in [1.54, 1.807) is 6.20 Å². The first kappa shape index (κ1) is 22.8. The summed E-state index contributed by atoms with van der Waals surface area (Å²) < 4.78 is 0. The Morgan fingerprint density at radius 2 is 1.97 bits per heavy atom. The minimum absolute atomic E-state index is 0.205. The molecule has 5 N–H and O–H groups in total. The van der Waals surface area contributed by atoms with E-state index < -0.39 is 17.9 Å². The van der Waals surface area contributed by atoms with Gasteiger partial charge < -0.3 is 26.0 Å². The van der Waals surface area contributed by atoms with Crippen LogP contribution in [0.1, 0.15) is 62.5 Å². The molecule has 3 rings (SSSR count). The number of benzene rings is 1. The van der Waals surface area contributed by atoms with E-state index in [1.807, 2.05) is 51.1 Å². The number of H-pyrrole nitrogens is 1. The third-order valence-corrected chi connectivity index (χ3v) is 5.74. The zero-order chi connectivity index (χ0) is 22.4. The predicted octanol–water partition coefficient (Wildman–Crippen LogP) is 2.39. The smallest absolute Gasteiger partial charge is 0.315 e. The van der Waals surface area contributed by atoms with Gasteiger partial charge in [0, 0.05) is 42.9 Å². The van der Waals surface area contributed by atoms with Gasteiger partial charge >= 0.3 is 6.03 Å².